The van der Waals surface area contributed by atoms with E-state index in [1.165, 1.54) is 0 Å². The second-order valence-electron chi connectivity index (χ2n) is 0.823. The first-order valence-corrected chi connectivity index (χ1v) is 2.67. The summed E-state index contributed by atoms with van der Waals surface area (Å²) in [7, 11) is 0. The molecule has 2 nitrogen and oxygen atoms in total. The van der Waals surface area contributed by atoms with Crippen LogP contribution < -0.4 is 56.9 Å². The third kappa shape index (κ3) is 10.6. The van der Waals surface area contributed by atoms with Gasteiger partial charge >= 0.3 is 51.4 Å². The van der Waals surface area contributed by atoms with Gasteiger partial charge in [-0.05, 0) is 11.2 Å². The van der Waals surface area contributed by atoms with Crippen molar-refractivity contribution in [2.45, 2.75) is 6.92 Å². The van der Waals surface area contributed by atoms with Crippen LogP contribution >= 0.6 is 12.2 Å². The van der Waals surface area contributed by atoms with Gasteiger partial charge in [0.2, 0.25) is 0 Å². The van der Waals surface area contributed by atoms with Crippen molar-refractivity contribution in [3.63, 3.8) is 0 Å². The average Bonchev–Trinajstić information content (AvgIpc) is 1.61. The van der Waals surface area contributed by atoms with E-state index >= 15 is 0 Å². The van der Waals surface area contributed by atoms with E-state index in [2.05, 4.69) is 35.2 Å². The van der Waals surface area contributed by atoms with E-state index in [0.29, 0.717) is 6.61 Å². The third-order valence-electron chi connectivity index (χ3n) is 0.300. The summed E-state index contributed by atoms with van der Waals surface area (Å²) in [6.45, 7) is 2.43. The molecule has 0 aliphatic carbocycles. The number of hydroxylamine groups is 1. The van der Waals surface area contributed by atoms with Gasteiger partial charge in [0.25, 0.3) is 0 Å². The Kier molecular flexibility index (Phi) is 13.5. The number of hydrogen-bond acceptors (Lipinski definition) is 3. The molecule has 0 aromatic heterocycles. The van der Waals surface area contributed by atoms with Crippen LogP contribution in [-0.2, 0) is 17.5 Å². The fourth-order valence-electron chi connectivity index (χ4n) is 0.131. The van der Waals surface area contributed by atoms with E-state index in [0.717, 1.165) is 0 Å². The normalized spacial score (nSPS) is 7.12. The Hall–Kier alpha value is 1.71. The average molecular weight is 175 g/mol. The van der Waals surface area contributed by atoms with Gasteiger partial charge in [-0.3, -0.25) is 10.3 Å². The predicted octanol–water partition coefficient (Wildman–Crippen LogP) is -2.64. The second-order valence-corrected chi connectivity index (χ2v) is 1.90. The van der Waals surface area contributed by atoms with Crippen molar-refractivity contribution in [3.8, 4) is 0 Å². The summed E-state index contributed by atoms with van der Waals surface area (Å²) in [5.41, 5.74) is 2.34. The summed E-state index contributed by atoms with van der Waals surface area (Å²) in [4.78, 5) is 4.60. The van der Waals surface area contributed by atoms with Gasteiger partial charge in [0, 0.05) is 0 Å². The number of rotatable bonds is 2. The SMILES string of the molecule is CCONC(=S)[S-].[K+]. The van der Waals surface area contributed by atoms with Crippen molar-refractivity contribution in [2.24, 2.45) is 0 Å². The minimum absolute atomic E-state index is 0. The number of nitrogens with one attached hydrogen (secondary N) is 1. The van der Waals surface area contributed by atoms with E-state index in [9.17, 15) is 0 Å². The van der Waals surface area contributed by atoms with Gasteiger partial charge in [-0.15, -0.1) is 0 Å². The maximum atomic E-state index is 4.60. The number of hydrogen-bond donors (Lipinski definition) is 1. The van der Waals surface area contributed by atoms with Crippen LogP contribution in [0.25, 0.3) is 0 Å². The second kappa shape index (κ2) is 8.71. The van der Waals surface area contributed by atoms with E-state index in [1.54, 1.807) is 0 Å². The third-order valence-corrected chi connectivity index (χ3v) is 0.467. The van der Waals surface area contributed by atoms with E-state index in [4.69, 9.17) is 0 Å². The molecule has 0 rings (SSSR count). The van der Waals surface area contributed by atoms with E-state index in [1.807, 2.05) is 6.92 Å². The van der Waals surface area contributed by atoms with Gasteiger partial charge in [-0.1, -0.05) is 0 Å². The maximum absolute atomic E-state index is 4.60. The van der Waals surface area contributed by atoms with Gasteiger partial charge < -0.3 is 24.8 Å². The quantitative estimate of drug-likeness (QED) is 0.214. The van der Waals surface area contributed by atoms with Crippen LogP contribution in [0, 0.1) is 0 Å². The summed E-state index contributed by atoms with van der Waals surface area (Å²) < 4.78 is 0.252. The standard InChI is InChI=1S/C3H7NOS2.K/c1-2-5-4-3(6)7;/h2H2,1H3,(H2,4,6,7);/q;+1/p-1. The van der Waals surface area contributed by atoms with Crippen molar-refractivity contribution in [3.05, 3.63) is 0 Å². The molecule has 42 valence electrons. The van der Waals surface area contributed by atoms with Crippen LogP contribution in [0.5, 0.6) is 0 Å². The number of thiocarbonyl (C=S) groups is 1. The molecule has 0 aliphatic heterocycles. The molecule has 0 aromatic rings. The molecule has 0 amide bonds. The Morgan fingerprint density at radius 1 is 1.88 bits per heavy atom. The molecule has 0 aliphatic rings. The first kappa shape index (κ1) is 12.4. The maximum Gasteiger partial charge on any atom is 1.00 e. The molecule has 5 heteroatoms. The molecular formula is C3H6KNOS2. The monoisotopic (exact) mass is 175 g/mol. The smallest absolute Gasteiger partial charge is 0.409 e. The molecule has 0 fully saturated rings. The molecule has 0 atom stereocenters. The van der Waals surface area contributed by atoms with Crippen LogP contribution in [-0.4, -0.2) is 10.9 Å². The molecule has 0 aromatic carbocycles. The Balaban J connectivity index is 0. The zero-order valence-corrected chi connectivity index (χ0v) is 9.69. The van der Waals surface area contributed by atoms with Gasteiger partial charge in [0.1, 0.15) is 0 Å². The van der Waals surface area contributed by atoms with Gasteiger partial charge in [-0.25, -0.2) is 0 Å². The molecule has 1 N–H and O–H groups in total. The molecule has 0 spiro atoms. The Labute approximate surface area is 103 Å². The summed E-state index contributed by atoms with van der Waals surface area (Å²) in [5, 5.41) is 0. The van der Waals surface area contributed by atoms with Crippen LogP contribution in [0.4, 0.5) is 0 Å². The molecule has 0 unspecified atom stereocenters. The van der Waals surface area contributed by atoms with Crippen molar-refractivity contribution in [1.29, 1.82) is 0 Å². The van der Waals surface area contributed by atoms with Crippen LogP contribution in [0.3, 0.4) is 0 Å². The Morgan fingerprint density at radius 3 is 2.50 bits per heavy atom. The first-order valence-electron chi connectivity index (χ1n) is 1.86. The minimum Gasteiger partial charge on any atom is -0.409 e. The van der Waals surface area contributed by atoms with E-state index < -0.39 is 0 Å². The van der Waals surface area contributed by atoms with Gasteiger partial charge in [0.05, 0.1) is 6.61 Å². The van der Waals surface area contributed by atoms with Crippen molar-refractivity contribution in [2.75, 3.05) is 6.61 Å². The predicted molar refractivity (Wildman–Crippen MR) is 34.7 cm³/mol. The molecule has 0 heterocycles. The van der Waals surface area contributed by atoms with Crippen LogP contribution in [0.15, 0.2) is 0 Å². The molecule has 0 saturated heterocycles. The molecule has 0 saturated carbocycles. The fraction of sp³-hybridized carbons (Fsp3) is 0.667. The van der Waals surface area contributed by atoms with E-state index in [-0.39, 0.29) is 55.7 Å². The largest absolute Gasteiger partial charge is 1.00 e. The molecular weight excluding hydrogens is 169 g/mol. The Morgan fingerprint density at radius 2 is 2.38 bits per heavy atom. The van der Waals surface area contributed by atoms with Crippen LogP contribution in [0.1, 0.15) is 6.92 Å². The fourth-order valence-corrected chi connectivity index (χ4v) is 0.249. The minimum atomic E-state index is 0. The summed E-state index contributed by atoms with van der Waals surface area (Å²) in [5.74, 6) is 0. The summed E-state index contributed by atoms with van der Waals surface area (Å²) >= 11 is 8.88. The molecule has 8 heavy (non-hydrogen) atoms. The molecule has 0 bridgehead atoms. The summed E-state index contributed by atoms with van der Waals surface area (Å²) in [6.07, 6.45) is 0. The Bertz CT molecular complexity index is 70.3. The van der Waals surface area contributed by atoms with Crippen molar-refractivity contribution in [1.82, 2.24) is 5.48 Å². The zero-order chi connectivity index (χ0) is 5.70. The van der Waals surface area contributed by atoms with Gasteiger partial charge in [-0.2, -0.15) is 0 Å². The van der Waals surface area contributed by atoms with Crippen molar-refractivity contribution >= 4 is 29.2 Å². The van der Waals surface area contributed by atoms with Crippen molar-refractivity contribution < 1.29 is 56.2 Å². The zero-order valence-electron chi connectivity index (χ0n) is 4.93. The first-order chi connectivity index (χ1) is 3.27. The topological polar surface area (TPSA) is 21.3 Å². The van der Waals surface area contributed by atoms with Crippen LogP contribution in [0.2, 0.25) is 0 Å². The summed E-state index contributed by atoms with van der Waals surface area (Å²) in [6, 6.07) is 0. The van der Waals surface area contributed by atoms with Gasteiger partial charge in [0.15, 0.2) is 0 Å². The molecule has 0 radical (unpaired) electrons.